The van der Waals surface area contributed by atoms with E-state index in [9.17, 15) is 14.4 Å². The lowest BCUT2D eigenvalue weighted by Crippen LogP contribution is -2.48. The van der Waals surface area contributed by atoms with Gasteiger partial charge in [-0.3, -0.25) is 25.2 Å². The SMILES string of the molecule is CC[C@@H](Oc1ccc(C)cc1)C(=O)NNC(=O)CCC(=O)Nc1ccc(Cl)cc1Cl. The molecule has 0 aromatic heterocycles. The molecule has 0 saturated carbocycles. The predicted octanol–water partition coefficient (Wildman–Crippen LogP) is 4.03. The van der Waals surface area contributed by atoms with E-state index in [0.29, 0.717) is 27.9 Å². The highest BCUT2D eigenvalue weighted by Crippen LogP contribution is 2.25. The monoisotopic (exact) mass is 451 g/mol. The zero-order valence-electron chi connectivity index (χ0n) is 16.6. The average Bonchev–Trinajstić information content (AvgIpc) is 2.72. The summed E-state index contributed by atoms with van der Waals surface area (Å²) in [7, 11) is 0. The summed E-state index contributed by atoms with van der Waals surface area (Å²) in [5.41, 5.74) is 6.09. The van der Waals surface area contributed by atoms with Gasteiger partial charge in [-0.2, -0.15) is 0 Å². The minimum absolute atomic E-state index is 0.0856. The van der Waals surface area contributed by atoms with Gasteiger partial charge in [-0.25, -0.2) is 0 Å². The van der Waals surface area contributed by atoms with Crippen molar-refractivity contribution in [1.82, 2.24) is 10.9 Å². The number of hydrogen-bond donors (Lipinski definition) is 3. The molecule has 2 aromatic rings. The molecule has 7 nitrogen and oxygen atoms in total. The zero-order valence-corrected chi connectivity index (χ0v) is 18.1. The van der Waals surface area contributed by atoms with Crippen molar-refractivity contribution in [2.75, 3.05) is 5.32 Å². The topological polar surface area (TPSA) is 96.5 Å². The maximum Gasteiger partial charge on any atom is 0.279 e. The Bertz CT molecular complexity index is 904. The lowest BCUT2D eigenvalue weighted by Gasteiger charge is -2.17. The summed E-state index contributed by atoms with van der Waals surface area (Å²) in [6, 6.07) is 12.0. The number of aryl methyl sites for hydroxylation is 1. The van der Waals surface area contributed by atoms with Crippen LogP contribution in [-0.4, -0.2) is 23.8 Å². The molecule has 0 aliphatic carbocycles. The molecule has 3 N–H and O–H groups in total. The summed E-state index contributed by atoms with van der Waals surface area (Å²) in [4.78, 5) is 36.2. The molecule has 0 aliphatic rings. The average molecular weight is 452 g/mol. The molecule has 30 heavy (non-hydrogen) atoms. The molecule has 3 amide bonds. The van der Waals surface area contributed by atoms with E-state index in [2.05, 4.69) is 16.2 Å². The Morgan fingerprint density at radius 3 is 2.27 bits per heavy atom. The largest absolute Gasteiger partial charge is 0.481 e. The van der Waals surface area contributed by atoms with E-state index in [-0.39, 0.29) is 12.8 Å². The second-order valence-corrected chi connectivity index (χ2v) is 7.38. The van der Waals surface area contributed by atoms with Crippen molar-refractivity contribution >= 4 is 46.6 Å². The smallest absolute Gasteiger partial charge is 0.279 e. The number of nitrogens with one attached hydrogen (secondary N) is 3. The first kappa shape index (κ1) is 23.5. The molecule has 2 rings (SSSR count). The van der Waals surface area contributed by atoms with Gasteiger partial charge >= 0.3 is 0 Å². The minimum atomic E-state index is -0.761. The number of carbonyl (C=O) groups is 3. The van der Waals surface area contributed by atoms with Gasteiger partial charge in [-0.15, -0.1) is 0 Å². The summed E-state index contributed by atoms with van der Waals surface area (Å²) in [5.74, 6) is -0.823. The normalized spacial score (nSPS) is 11.3. The highest BCUT2D eigenvalue weighted by molar-refractivity contribution is 6.36. The number of rotatable bonds is 8. The van der Waals surface area contributed by atoms with E-state index < -0.39 is 23.8 Å². The number of halogens is 2. The van der Waals surface area contributed by atoms with Crippen molar-refractivity contribution in [2.45, 2.75) is 39.2 Å². The van der Waals surface area contributed by atoms with E-state index in [4.69, 9.17) is 27.9 Å². The standard InChI is InChI=1S/C21H23Cl2N3O4/c1-3-18(30-15-7-4-13(2)5-8-15)21(29)26-25-20(28)11-10-19(27)24-17-9-6-14(22)12-16(17)23/h4-9,12,18H,3,10-11H2,1-2H3,(H,24,27)(H,25,28)(H,26,29)/t18-/m1/s1. The first-order chi connectivity index (χ1) is 14.3. The Kier molecular flexibility index (Phi) is 8.95. The third-order valence-electron chi connectivity index (χ3n) is 4.07. The van der Waals surface area contributed by atoms with Gasteiger partial charge in [0.1, 0.15) is 5.75 Å². The summed E-state index contributed by atoms with van der Waals surface area (Å²) in [5, 5.41) is 3.35. The Hall–Kier alpha value is -2.77. The maximum atomic E-state index is 12.2. The molecular weight excluding hydrogens is 429 g/mol. The number of carbonyl (C=O) groups excluding carboxylic acids is 3. The van der Waals surface area contributed by atoms with Gasteiger partial charge < -0.3 is 10.1 Å². The maximum absolute atomic E-state index is 12.2. The summed E-state index contributed by atoms with van der Waals surface area (Å²) < 4.78 is 5.65. The fourth-order valence-electron chi connectivity index (χ4n) is 2.41. The second kappa shape index (κ2) is 11.4. The van der Waals surface area contributed by atoms with Gasteiger partial charge in [0.15, 0.2) is 6.10 Å². The van der Waals surface area contributed by atoms with Crippen molar-refractivity contribution in [3.63, 3.8) is 0 Å². The van der Waals surface area contributed by atoms with Crippen LogP contribution in [0.2, 0.25) is 10.0 Å². The molecule has 2 aromatic carbocycles. The summed E-state index contributed by atoms with van der Waals surface area (Å²) >= 11 is 11.8. The van der Waals surface area contributed by atoms with E-state index in [1.807, 2.05) is 19.1 Å². The number of amides is 3. The highest BCUT2D eigenvalue weighted by Gasteiger charge is 2.19. The van der Waals surface area contributed by atoms with Gasteiger partial charge in [0.25, 0.3) is 5.91 Å². The van der Waals surface area contributed by atoms with E-state index in [1.54, 1.807) is 31.2 Å². The third kappa shape index (κ3) is 7.57. The Morgan fingerprint density at radius 1 is 0.967 bits per heavy atom. The van der Waals surface area contributed by atoms with E-state index in [0.717, 1.165) is 5.56 Å². The molecule has 1 atom stereocenters. The molecule has 0 aliphatic heterocycles. The van der Waals surface area contributed by atoms with Crippen molar-refractivity contribution in [1.29, 1.82) is 0 Å². The molecule has 9 heteroatoms. The van der Waals surface area contributed by atoms with Crippen LogP contribution in [0.15, 0.2) is 42.5 Å². The van der Waals surface area contributed by atoms with E-state index >= 15 is 0 Å². The Balaban J connectivity index is 1.75. The van der Waals surface area contributed by atoms with Gasteiger partial charge in [-0.05, 0) is 43.7 Å². The molecule has 0 radical (unpaired) electrons. The number of ether oxygens (including phenoxy) is 1. The van der Waals surface area contributed by atoms with E-state index in [1.165, 1.54) is 6.07 Å². The molecular formula is C21H23Cl2N3O4. The second-order valence-electron chi connectivity index (χ2n) is 6.54. The summed E-state index contributed by atoms with van der Waals surface area (Å²) in [6.07, 6.45) is -0.548. The van der Waals surface area contributed by atoms with Crippen molar-refractivity contribution in [3.05, 3.63) is 58.1 Å². The van der Waals surface area contributed by atoms with Crippen LogP contribution in [0.1, 0.15) is 31.7 Å². The van der Waals surface area contributed by atoms with Crippen LogP contribution in [0.25, 0.3) is 0 Å². The molecule has 0 saturated heterocycles. The number of benzene rings is 2. The van der Waals surface area contributed by atoms with Crippen LogP contribution in [-0.2, 0) is 14.4 Å². The zero-order chi connectivity index (χ0) is 22.1. The Labute approximate surface area is 185 Å². The fourth-order valence-corrected chi connectivity index (χ4v) is 2.86. The van der Waals surface area contributed by atoms with Crippen molar-refractivity contribution in [3.8, 4) is 5.75 Å². The summed E-state index contributed by atoms with van der Waals surface area (Å²) in [6.45, 7) is 3.75. The van der Waals surface area contributed by atoms with Gasteiger partial charge in [-0.1, -0.05) is 47.8 Å². The molecule has 0 spiro atoms. The lowest BCUT2D eigenvalue weighted by molar-refractivity contribution is -0.133. The molecule has 0 heterocycles. The van der Waals surface area contributed by atoms with Gasteiger partial charge in [0.2, 0.25) is 11.8 Å². The quantitative estimate of drug-likeness (QED) is 0.527. The number of hydrogen-bond acceptors (Lipinski definition) is 4. The van der Waals surface area contributed by atoms with Crippen LogP contribution in [0, 0.1) is 6.92 Å². The number of hydrazine groups is 1. The third-order valence-corrected chi connectivity index (χ3v) is 4.62. The first-order valence-corrected chi connectivity index (χ1v) is 10.1. The van der Waals surface area contributed by atoms with Crippen LogP contribution in [0.3, 0.4) is 0 Å². The predicted molar refractivity (Wildman–Crippen MR) is 116 cm³/mol. The Morgan fingerprint density at radius 2 is 1.63 bits per heavy atom. The minimum Gasteiger partial charge on any atom is -0.481 e. The first-order valence-electron chi connectivity index (χ1n) is 9.35. The van der Waals surface area contributed by atoms with Crippen LogP contribution in [0.5, 0.6) is 5.75 Å². The molecule has 0 fully saturated rings. The van der Waals surface area contributed by atoms with Crippen LogP contribution < -0.4 is 20.9 Å². The van der Waals surface area contributed by atoms with Crippen LogP contribution >= 0.6 is 23.2 Å². The number of anilines is 1. The lowest BCUT2D eigenvalue weighted by atomic mass is 10.2. The fraction of sp³-hybridized carbons (Fsp3) is 0.286. The molecule has 160 valence electrons. The van der Waals surface area contributed by atoms with Crippen molar-refractivity contribution < 1.29 is 19.1 Å². The van der Waals surface area contributed by atoms with Crippen LogP contribution in [0.4, 0.5) is 5.69 Å². The molecule has 0 bridgehead atoms. The van der Waals surface area contributed by atoms with Gasteiger partial charge in [0, 0.05) is 17.9 Å². The van der Waals surface area contributed by atoms with Crippen molar-refractivity contribution in [2.24, 2.45) is 0 Å². The van der Waals surface area contributed by atoms with Gasteiger partial charge in [0.05, 0.1) is 10.7 Å². The molecule has 0 unspecified atom stereocenters. The highest BCUT2D eigenvalue weighted by atomic mass is 35.5.